The van der Waals surface area contributed by atoms with E-state index in [4.69, 9.17) is 4.74 Å². The van der Waals surface area contributed by atoms with Crippen LogP contribution in [0, 0.1) is 0 Å². The van der Waals surface area contributed by atoms with Gasteiger partial charge in [0.15, 0.2) is 0 Å². The van der Waals surface area contributed by atoms with Gasteiger partial charge in [0, 0.05) is 30.0 Å². The molecule has 0 bridgehead atoms. The lowest BCUT2D eigenvalue weighted by atomic mass is 9.80. The maximum atomic E-state index is 5.42. The first-order chi connectivity index (χ1) is 13.0. The summed E-state index contributed by atoms with van der Waals surface area (Å²) in [5, 5.41) is 0. The number of likely N-dealkylation sites (N-methyl/N-ethyl adjacent to an activating group) is 3. The van der Waals surface area contributed by atoms with Gasteiger partial charge in [-0.1, -0.05) is 7.92 Å². The topological polar surface area (TPSA) is 22.2 Å². The Morgan fingerprint density at radius 3 is 0.900 bits per heavy atom. The van der Waals surface area contributed by atoms with Crippen molar-refractivity contribution in [2.24, 2.45) is 0 Å². The van der Waals surface area contributed by atoms with Gasteiger partial charge in [0.05, 0.1) is 5.60 Å². The number of hydrogen-bond donors (Lipinski definition) is 0. The van der Waals surface area contributed by atoms with Crippen LogP contribution in [0.4, 0.5) is 0 Å². The summed E-state index contributed by atoms with van der Waals surface area (Å²) in [7, 11) is 18.9. The summed E-state index contributed by atoms with van der Waals surface area (Å²) in [5.74, 6) is 0. The molecule has 6 heteroatoms. The molecule has 0 unspecified atom stereocenters. The fourth-order valence-corrected chi connectivity index (χ4v) is 3.58. The highest BCUT2D eigenvalue weighted by molar-refractivity contribution is 7.55. The van der Waals surface area contributed by atoms with Crippen LogP contribution in [0.25, 0.3) is 0 Å². The Morgan fingerprint density at radius 1 is 0.567 bits per heavy atom. The van der Waals surface area contributed by atoms with Crippen molar-refractivity contribution in [1.82, 2.24) is 19.6 Å². The molecule has 0 amide bonds. The van der Waals surface area contributed by atoms with Crippen molar-refractivity contribution in [3.05, 3.63) is 0 Å². The molecule has 0 spiro atoms. The van der Waals surface area contributed by atoms with E-state index in [9.17, 15) is 0 Å². The fourth-order valence-electron chi connectivity index (χ4n) is 2.45. The smallest absolute Gasteiger partial charge is 0.0799 e. The standard InChI is InChI=1S/C10H24N2.C9H21NO.C5H14NP/c1-9(2,11(5)6)10(3,4)12(7)8;1-8(2,10(5)6)9(3,4)11-7;1-6(2)5-7(3)4/h1-8H3;1-7H3;5H2,1-4H3. The molecule has 0 saturated heterocycles. The minimum atomic E-state index is -0.115. The Balaban J connectivity index is -0.000000378. The normalized spacial score (nSPS) is 13.6. The molecule has 0 aliphatic carbocycles. The van der Waals surface area contributed by atoms with Crippen LogP contribution in [-0.2, 0) is 4.74 Å². The summed E-state index contributed by atoms with van der Waals surface area (Å²) >= 11 is 0. The Hall–Kier alpha value is 0.230. The minimum absolute atomic E-state index is 0.0573. The van der Waals surface area contributed by atoms with Crippen molar-refractivity contribution in [3.8, 4) is 0 Å². The lowest BCUT2D eigenvalue weighted by Gasteiger charge is -2.50. The number of ether oxygens (including phenoxy) is 1. The monoisotopic (exact) mass is 450 g/mol. The van der Waals surface area contributed by atoms with E-state index in [1.165, 1.54) is 6.29 Å². The van der Waals surface area contributed by atoms with Crippen LogP contribution < -0.4 is 0 Å². The second kappa shape index (κ2) is 13.7. The van der Waals surface area contributed by atoms with Crippen LogP contribution in [0.2, 0.25) is 0 Å². The van der Waals surface area contributed by atoms with E-state index in [0.29, 0.717) is 0 Å². The van der Waals surface area contributed by atoms with Gasteiger partial charge < -0.3 is 24.3 Å². The zero-order valence-electron chi connectivity index (χ0n) is 24.4. The molecule has 0 aliphatic heterocycles. The summed E-state index contributed by atoms with van der Waals surface area (Å²) in [5.41, 5.74) is 0.297. The molecule has 0 radical (unpaired) electrons. The third-order valence-electron chi connectivity index (χ3n) is 7.40. The average Bonchev–Trinajstić information content (AvgIpc) is 2.53. The maximum Gasteiger partial charge on any atom is 0.0799 e. The number of rotatable bonds is 8. The van der Waals surface area contributed by atoms with E-state index >= 15 is 0 Å². The molecule has 186 valence electrons. The van der Waals surface area contributed by atoms with E-state index in [-0.39, 0.29) is 30.1 Å². The second-order valence-electron chi connectivity index (χ2n) is 11.4. The van der Waals surface area contributed by atoms with E-state index in [1.807, 2.05) is 0 Å². The summed E-state index contributed by atoms with van der Waals surface area (Å²) in [6.07, 6.45) is 1.26. The molecule has 0 aromatic carbocycles. The first-order valence-corrected chi connectivity index (χ1v) is 13.3. The Labute approximate surface area is 193 Å². The van der Waals surface area contributed by atoms with E-state index in [0.717, 1.165) is 0 Å². The molecule has 5 nitrogen and oxygen atoms in total. The highest BCUT2D eigenvalue weighted by Gasteiger charge is 2.40. The zero-order valence-corrected chi connectivity index (χ0v) is 25.2. The van der Waals surface area contributed by atoms with Gasteiger partial charge >= 0.3 is 0 Å². The zero-order chi connectivity index (χ0) is 25.3. The Morgan fingerprint density at radius 2 is 0.833 bits per heavy atom. The van der Waals surface area contributed by atoms with Crippen molar-refractivity contribution >= 4 is 7.92 Å². The predicted molar refractivity (Wildman–Crippen MR) is 142 cm³/mol. The molecule has 0 heterocycles. The van der Waals surface area contributed by atoms with Crippen molar-refractivity contribution < 1.29 is 4.74 Å². The summed E-state index contributed by atoms with van der Waals surface area (Å²) in [6, 6.07) is 0. The van der Waals surface area contributed by atoms with Gasteiger partial charge in [-0.3, -0.25) is 0 Å². The first kappa shape index (κ1) is 34.8. The fraction of sp³-hybridized carbons (Fsp3) is 1.00. The Kier molecular flexibility index (Phi) is 15.9. The molecule has 0 fully saturated rings. The van der Waals surface area contributed by atoms with Gasteiger partial charge in [0.1, 0.15) is 0 Å². The quantitative estimate of drug-likeness (QED) is 0.500. The maximum absolute atomic E-state index is 5.42. The van der Waals surface area contributed by atoms with Crippen LogP contribution >= 0.6 is 7.92 Å². The van der Waals surface area contributed by atoms with Gasteiger partial charge in [-0.25, -0.2) is 0 Å². The Bertz CT molecular complexity index is 418. The van der Waals surface area contributed by atoms with Crippen LogP contribution in [-0.4, -0.2) is 125 Å². The van der Waals surface area contributed by atoms with Crippen molar-refractivity contribution in [1.29, 1.82) is 0 Å². The minimum Gasteiger partial charge on any atom is -0.377 e. The number of hydrogen-bond acceptors (Lipinski definition) is 5. The third-order valence-corrected chi connectivity index (χ3v) is 8.53. The number of methoxy groups -OCH3 is 1. The van der Waals surface area contributed by atoms with E-state index in [1.54, 1.807) is 7.11 Å². The molecule has 0 aromatic rings. The predicted octanol–water partition coefficient (Wildman–Crippen LogP) is 4.67. The van der Waals surface area contributed by atoms with Gasteiger partial charge in [0.2, 0.25) is 0 Å². The molecule has 30 heavy (non-hydrogen) atoms. The first-order valence-electron chi connectivity index (χ1n) is 10.9. The largest absolute Gasteiger partial charge is 0.377 e. The highest BCUT2D eigenvalue weighted by Crippen LogP contribution is 2.30. The van der Waals surface area contributed by atoms with Crippen LogP contribution in [0.3, 0.4) is 0 Å². The SMILES string of the molecule is CN(C)C(C)(C)C(C)(C)N(C)C.CN(C)CP(C)C.COC(C)(C)C(C)(C)N(C)C. The van der Waals surface area contributed by atoms with Crippen LogP contribution in [0.1, 0.15) is 55.4 Å². The van der Waals surface area contributed by atoms with Crippen molar-refractivity contribution in [2.45, 2.75) is 77.6 Å². The highest BCUT2D eigenvalue weighted by atomic mass is 31.1. The molecular weight excluding hydrogens is 391 g/mol. The average molecular weight is 451 g/mol. The molecule has 0 aliphatic rings. The third kappa shape index (κ3) is 11.2. The second-order valence-corrected chi connectivity index (χ2v) is 13.8. The molecule has 0 rings (SSSR count). The summed E-state index contributed by atoms with van der Waals surface area (Å²) < 4.78 is 5.42. The van der Waals surface area contributed by atoms with Gasteiger partial charge in [-0.15, -0.1) is 0 Å². The van der Waals surface area contributed by atoms with Crippen LogP contribution in [0.5, 0.6) is 0 Å². The van der Waals surface area contributed by atoms with E-state index in [2.05, 4.69) is 145 Å². The van der Waals surface area contributed by atoms with Gasteiger partial charge in [0.25, 0.3) is 0 Å². The summed E-state index contributed by atoms with van der Waals surface area (Å²) in [6.45, 7) is 22.2. The van der Waals surface area contributed by atoms with Gasteiger partial charge in [-0.2, -0.15) is 0 Å². The lowest BCUT2D eigenvalue weighted by Crippen LogP contribution is -2.61. The van der Waals surface area contributed by atoms with Crippen molar-refractivity contribution in [3.63, 3.8) is 0 Å². The molecule has 0 atom stereocenters. The molecule has 0 aromatic heterocycles. The summed E-state index contributed by atoms with van der Waals surface area (Å²) in [4.78, 5) is 8.95. The van der Waals surface area contributed by atoms with E-state index < -0.39 is 0 Å². The lowest BCUT2D eigenvalue weighted by molar-refractivity contribution is -0.0832. The van der Waals surface area contributed by atoms with Crippen molar-refractivity contribution in [2.75, 3.05) is 83.1 Å². The molecular formula is C24H59N4OP. The molecule has 0 N–H and O–H groups in total. The van der Waals surface area contributed by atoms with Crippen LogP contribution in [0.15, 0.2) is 0 Å². The molecule has 0 saturated carbocycles. The number of nitrogens with zero attached hydrogens (tertiary/aromatic N) is 4. The van der Waals surface area contributed by atoms with Gasteiger partial charge in [-0.05, 0) is 125 Å².